The quantitative estimate of drug-likeness (QED) is 0.804. The van der Waals surface area contributed by atoms with Crippen molar-refractivity contribution in [2.75, 3.05) is 19.3 Å². The lowest BCUT2D eigenvalue weighted by molar-refractivity contribution is 0.300. The zero-order chi connectivity index (χ0) is 11.3. The first kappa shape index (κ1) is 12.0. The molecular formula is C12H21N3. The summed E-state index contributed by atoms with van der Waals surface area (Å²) in [6.07, 6.45) is 2.99. The van der Waals surface area contributed by atoms with E-state index >= 15 is 0 Å². The number of pyridine rings is 1. The van der Waals surface area contributed by atoms with Gasteiger partial charge in [-0.25, -0.2) is 0 Å². The number of anilines is 1. The SMILES string of the molecule is CC(C)CCN(C)Cc1cc(N)ccn1. The van der Waals surface area contributed by atoms with Crippen LogP contribution in [0.1, 0.15) is 26.0 Å². The average Bonchev–Trinajstić information content (AvgIpc) is 2.15. The van der Waals surface area contributed by atoms with Gasteiger partial charge in [0, 0.05) is 18.4 Å². The van der Waals surface area contributed by atoms with Gasteiger partial charge < -0.3 is 10.6 Å². The minimum atomic E-state index is 0.751. The Balaban J connectivity index is 2.40. The van der Waals surface area contributed by atoms with Gasteiger partial charge in [-0.1, -0.05) is 13.8 Å². The van der Waals surface area contributed by atoms with Crippen molar-refractivity contribution < 1.29 is 0 Å². The fraction of sp³-hybridized carbons (Fsp3) is 0.583. The van der Waals surface area contributed by atoms with Crippen molar-refractivity contribution in [3.63, 3.8) is 0 Å². The van der Waals surface area contributed by atoms with Gasteiger partial charge in [-0.2, -0.15) is 0 Å². The lowest BCUT2D eigenvalue weighted by Crippen LogP contribution is -2.21. The van der Waals surface area contributed by atoms with Crippen molar-refractivity contribution in [1.29, 1.82) is 0 Å². The molecule has 15 heavy (non-hydrogen) atoms. The average molecular weight is 207 g/mol. The Labute approximate surface area is 92.3 Å². The highest BCUT2D eigenvalue weighted by Gasteiger charge is 2.02. The van der Waals surface area contributed by atoms with Crippen molar-refractivity contribution >= 4 is 5.69 Å². The van der Waals surface area contributed by atoms with Gasteiger partial charge in [-0.15, -0.1) is 0 Å². The van der Waals surface area contributed by atoms with E-state index in [9.17, 15) is 0 Å². The van der Waals surface area contributed by atoms with E-state index in [-0.39, 0.29) is 0 Å². The minimum Gasteiger partial charge on any atom is -0.399 e. The summed E-state index contributed by atoms with van der Waals surface area (Å²) in [7, 11) is 2.12. The van der Waals surface area contributed by atoms with Crippen molar-refractivity contribution in [2.24, 2.45) is 5.92 Å². The number of aromatic nitrogens is 1. The summed E-state index contributed by atoms with van der Waals surface area (Å²) >= 11 is 0. The van der Waals surface area contributed by atoms with Crippen molar-refractivity contribution in [2.45, 2.75) is 26.8 Å². The molecule has 0 bridgehead atoms. The monoisotopic (exact) mass is 207 g/mol. The molecule has 0 aromatic carbocycles. The lowest BCUT2D eigenvalue weighted by atomic mass is 10.1. The summed E-state index contributed by atoms with van der Waals surface area (Å²) < 4.78 is 0. The number of rotatable bonds is 5. The molecule has 1 heterocycles. The highest BCUT2D eigenvalue weighted by Crippen LogP contribution is 2.07. The van der Waals surface area contributed by atoms with E-state index in [1.165, 1.54) is 6.42 Å². The van der Waals surface area contributed by atoms with Gasteiger partial charge in [-0.3, -0.25) is 4.98 Å². The molecule has 0 saturated carbocycles. The normalized spacial score (nSPS) is 11.3. The van der Waals surface area contributed by atoms with Crippen LogP contribution in [0, 0.1) is 5.92 Å². The molecule has 3 nitrogen and oxygen atoms in total. The second kappa shape index (κ2) is 5.71. The van der Waals surface area contributed by atoms with Gasteiger partial charge in [-0.05, 0) is 38.1 Å². The molecule has 0 aliphatic rings. The molecule has 84 valence electrons. The summed E-state index contributed by atoms with van der Waals surface area (Å²) in [5.74, 6) is 0.751. The third-order valence-corrected chi connectivity index (χ3v) is 2.36. The van der Waals surface area contributed by atoms with Crippen LogP contribution in [0.3, 0.4) is 0 Å². The van der Waals surface area contributed by atoms with Crippen LogP contribution in [0.15, 0.2) is 18.3 Å². The molecule has 1 aromatic rings. The Hall–Kier alpha value is -1.09. The Morgan fingerprint density at radius 3 is 2.80 bits per heavy atom. The number of nitrogens with zero attached hydrogens (tertiary/aromatic N) is 2. The Morgan fingerprint density at radius 1 is 1.47 bits per heavy atom. The molecule has 1 aromatic heterocycles. The summed E-state index contributed by atoms with van der Waals surface area (Å²) in [6.45, 7) is 6.46. The first-order valence-electron chi connectivity index (χ1n) is 5.47. The first-order valence-corrected chi connectivity index (χ1v) is 5.47. The van der Waals surface area contributed by atoms with Crippen LogP contribution in [0.4, 0.5) is 5.69 Å². The van der Waals surface area contributed by atoms with Crippen LogP contribution in [0.5, 0.6) is 0 Å². The van der Waals surface area contributed by atoms with Gasteiger partial charge in [0.05, 0.1) is 5.69 Å². The molecule has 0 aliphatic carbocycles. The fourth-order valence-corrected chi connectivity index (χ4v) is 1.42. The Morgan fingerprint density at radius 2 is 2.20 bits per heavy atom. The van der Waals surface area contributed by atoms with E-state index in [0.29, 0.717) is 0 Å². The molecule has 0 amide bonds. The largest absolute Gasteiger partial charge is 0.399 e. The second-order valence-electron chi connectivity index (χ2n) is 4.50. The summed E-state index contributed by atoms with van der Waals surface area (Å²) in [4.78, 5) is 6.56. The predicted octanol–water partition coefficient (Wildman–Crippen LogP) is 2.14. The van der Waals surface area contributed by atoms with Crippen LogP contribution < -0.4 is 5.73 Å². The van der Waals surface area contributed by atoms with Crippen LogP contribution in [0.2, 0.25) is 0 Å². The third kappa shape index (κ3) is 4.79. The van der Waals surface area contributed by atoms with E-state index in [0.717, 1.165) is 30.4 Å². The number of hydrogen-bond donors (Lipinski definition) is 1. The predicted molar refractivity (Wildman–Crippen MR) is 64.4 cm³/mol. The maximum Gasteiger partial charge on any atom is 0.0564 e. The van der Waals surface area contributed by atoms with Gasteiger partial charge in [0.1, 0.15) is 0 Å². The van der Waals surface area contributed by atoms with Gasteiger partial charge in [0.15, 0.2) is 0 Å². The molecule has 0 spiro atoms. The molecule has 0 radical (unpaired) electrons. The summed E-state index contributed by atoms with van der Waals surface area (Å²) in [6, 6.07) is 3.75. The third-order valence-electron chi connectivity index (χ3n) is 2.36. The topological polar surface area (TPSA) is 42.1 Å². The van der Waals surface area contributed by atoms with E-state index < -0.39 is 0 Å². The van der Waals surface area contributed by atoms with Gasteiger partial charge >= 0.3 is 0 Å². The standard InChI is InChI=1S/C12H21N3/c1-10(2)5-7-15(3)9-12-8-11(13)4-6-14-12/h4,6,8,10H,5,7,9H2,1-3H3,(H2,13,14). The minimum absolute atomic E-state index is 0.751. The highest BCUT2D eigenvalue weighted by atomic mass is 15.1. The van der Waals surface area contributed by atoms with E-state index in [4.69, 9.17) is 5.73 Å². The fourth-order valence-electron chi connectivity index (χ4n) is 1.42. The second-order valence-corrected chi connectivity index (χ2v) is 4.50. The Bertz CT molecular complexity index is 297. The number of hydrogen-bond acceptors (Lipinski definition) is 3. The molecular weight excluding hydrogens is 186 g/mol. The number of nitrogens with two attached hydrogens (primary N) is 1. The zero-order valence-corrected chi connectivity index (χ0v) is 9.90. The van der Waals surface area contributed by atoms with Crippen LogP contribution in [-0.2, 0) is 6.54 Å². The van der Waals surface area contributed by atoms with Gasteiger partial charge in [0.2, 0.25) is 0 Å². The summed E-state index contributed by atoms with van der Waals surface area (Å²) in [5, 5.41) is 0. The molecule has 0 saturated heterocycles. The first-order chi connectivity index (χ1) is 7.08. The van der Waals surface area contributed by atoms with Gasteiger partial charge in [0.25, 0.3) is 0 Å². The summed E-state index contributed by atoms with van der Waals surface area (Å²) in [5.41, 5.74) is 7.53. The molecule has 2 N–H and O–H groups in total. The Kier molecular flexibility index (Phi) is 4.56. The van der Waals surface area contributed by atoms with Crippen molar-refractivity contribution in [3.05, 3.63) is 24.0 Å². The molecule has 0 unspecified atom stereocenters. The van der Waals surface area contributed by atoms with Crippen LogP contribution >= 0.6 is 0 Å². The highest BCUT2D eigenvalue weighted by molar-refractivity contribution is 5.37. The molecule has 0 aliphatic heterocycles. The molecule has 3 heteroatoms. The number of nitrogen functional groups attached to an aromatic ring is 1. The van der Waals surface area contributed by atoms with Crippen molar-refractivity contribution in [3.8, 4) is 0 Å². The van der Waals surface area contributed by atoms with Crippen molar-refractivity contribution in [1.82, 2.24) is 9.88 Å². The zero-order valence-electron chi connectivity index (χ0n) is 9.90. The van der Waals surface area contributed by atoms with E-state index in [1.54, 1.807) is 6.20 Å². The van der Waals surface area contributed by atoms with Crippen LogP contribution in [-0.4, -0.2) is 23.5 Å². The molecule has 1 rings (SSSR count). The van der Waals surface area contributed by atoms with E-state index in [2.05, 4.69) is 30.8 Å². The van der Waals surface area contributed by atoms with E-state index in [1.807, 2.05) is 12.1 Å². The molecule has 0 atom stereocenters. The lowest BCUT2D eigenvalue weighted by Gasteiger charge is -2.17. The van der Waals surface area contributed by atoms with Crippen LogP contribution in [0.25, 0.3) is 0 Å². The molecule has 0 fully saturated rings. The smallest absolute Gasteiger partial charge is 0.0564 e. The maximum atomic E-state index is 5.70. The maximum absolute atomic E-state index is 5.70.